The summed E-state index contributed by atoms with van der Waals surface area (Å²) in [5.41, 5.74) is 3.52. The Hall–Kier alpha value is -1.87. The molecule has 0 aliphatic carbocycles. The molecule has 0 amide bonds. The van der Waals surface area contributed by atoms with Gasteiger partial charge in [-0.2, -0.15) is 0 Å². The van der Waals surface area contributed by atoms with Gasteiger partial charge in [-0.3, -0.25) is 4.79 Å². The smallest absolute Gasteiger partial charge is 0.185 e. The highest BCUT2D eigenvalue weighted by Gasteiger charge is 2.25. The molecule has 0 saturated heterocycles. The summed E-state index contributed by atoms with van der Waals surface area (Å²) in [6, 6.07) is 10.1. The summed E-state index contributed by atoms with van der Waals surface area (Å²) in [6.45, 7) is 3.18. The van der Waals surface area contributed by atoms with Gasteiger partial charge < -0.3 is 9.15 Å². The summed E-state index contributed by atoms with van der Waals surface area (Å²) in [6.07, 6.45) is 0.742. The standard InChI is InChI=1S/C15H14O3/c1-10-14(6-12(7-16)18-10)15-9-17-8-11-4-2-3-5-13(11)15/h2-7,15H,8-9H2,1H3. The number of fused-ring (bicyclic) bond motifs is 1. The van der Waals surface area contributed by atoms with Gasteiger partial charge in [0.15, 0.2) is 12.0 Å². The van der Waals surface area contributed by atoms with Gasteiger partial charge in [-0.25, -0.2) is 0 Å². The molecule has 0 bridgehead atoms. The van der Waals surface area contributed by atoms with Crippen LogP contribution in [0.1, 0.15) is 38.9 Å². The lowest BCUT2D eigenvalue weighted by molar-refractivity contribution is 0.0991. The average molecular weight is 242 g/mol. The molecule has 3 rings (SSSR count). The van der Waals surface area contributed by atoms with Gasteiger partial charge in [0.2, 0.25) is 0 Å². The van der Waals surface area contributed by atoms with Crippen molar-refractivity contribution in [3.05, 3.63) is 58.5 Å². The number of hydrogen-bond acceptors (Lipinski definition) is 3. The highest BCUT2D eigenvalue weighted by Crippen LogP contribution is 2.34. The number of carbonyl (C=O) groups is 1. The fraction of sp³-hybridized carbons (Fsp3) is 0.267. The molecule has 0 spiro atoms. The largest absolute Gasteiger partial charge is 0.458 e. The van der Waals surface area contributed by atoms with Crippen molar-refractivity contribution in [3.8, 4) is 0 Å². The maximum atomic E-state index is 10.8. The molecular weight excluding hydrogens is 228 g/mol. The third kappa shape index (κ3) is 1.77. The van der Waals surface area contributed by atoms with E-state index in [-0.39, 0.29) is 5.92 Å². The van der Waals surface area contributed by atoms with Crippen LogP contribution in [0.15, 0.2) is 34.7 Å². The van der Waals surface area contributed by atoms with Gasteiger partial charge in [0, 0.05) is 11.5 Å². The van der Waals surface area contributed by atoms with Crippen molar-refractivity contribution in [3.63, 3.8) is 0 Å². The van der Waals surface area contributed by atoms with Gasteiger partial charge in [0.25, 0.3) is 0 Å². The maximum Gasteiger partial charge on any atom is 0.185 e. The van der Waals surface area contributed by atoms with E-state index in [0.29, 0.717) is 19.0 Å². The van der Waals surface area contributed by atoms with Crippen molar-refractivity contribution in [2.45, 2.75) is 19.4 Å². The first-order valence-electron chi connectivity index (χ1n) is 6.00. The lowest BCUT2D eigenvalue weighted by atomic mass is 9.87. The van der Waals surface area contributed by atoms with Crippen LogP contribution in [-0.2, 0) is 11.3 Å². The summed E-state index contributed by atoms with van der Waals surface area (Å²) in [7, 11) is 0. The molecule has 1 unspecified atom stereocenters. The van der Waals surface area contributed by atoms with Gasteiger partial charge in [-0.05, 0) is 24.1 Å². The van der Waals surface area contributed by atoms with Crippen LogP contribution in [0.4, 0.5) is 0 Å². The number of aldehydes is 1. The third-order valence-corrected chi connectivity index (χ3v) is 3.44. The quantitative estimate of drug-likeness (QED) is 0.760. The van der Waals surface area contributed by atoms with Crippen molar-refractivity contribution in [1.29, 1.82) is 0 Å². The molecule has 2 aromatic rings. The molecule has 0 N–H and O–H groups in total. The van der Waals surface area contributed by atoms with Crippen LogP contribution < -0.4 is 0 Å². The van der Waals surface area contributed by atoms with Crippen molar-refractivity contribution in [2.24, 2.45) is 0 Å². The van der Waals surface area contributed by atoms with Crippen LogP contribution in [0.2, 0.25) is 0 Å². The number of hydrogen-bond donors (Lipinski definition) is 0. The van der Waals surface area contributed by atoms with Crippen molar-refractivity contribution >= 4 is 6.29 Å². The first-order chi connectivity index (χ1) is 8.79. The Morgan fingerprint density at radius 2 is 2.11 bits per heavy atom. The normalized spacial score (nSPS) is 18.4. The molecule has 3 heteroatoms. The predicted molar refractivity (Wildman–Crippen MR) is 66.8 cm³/mol. The Bertz CT molecular complexity index is 583. The summed E-state index contributed by atoms with van der Waals surface area (Å²) in [5.74, 6) is 1.33. The number of aryl methyl sites for hydroxylation is 1. The minimum atomic E-state index is 0.160. The zero-order valence-electron chi connectivity index (χ0n) is 10.2. The lowest BCUT2D eigenvalue weighted by Gasteiger charge is -2.25. The van der Waals surface area contributed by atoms with Crippen LogP contribution in [0.3, 0.4) is 0 Å². The summed E-state index contributed by atoms with van der Waals surface area (Å²) in [5, 5.41) is 0. The Morgan fingerprint density at radius 3 is 2.89 bits per heavy atom. The second-order valence-electron chi connectivity index (χ2n) is 4.54. The van der Waals surface area contributed by atoms with E-state index in [1.807, 2.05) is 25.1 Å². The average Bonchev–Trinajstić information content (AvgIpc) is 2.79. The minimum absolute atomic E-state index is 0.160. The van der Waals surface area contributed by atoms with E-state index in [4.69, 9.17) is 9.15 Å². The maximum absolute atomic E-state index is 10.8. The van der Waals surface area contributed by atoms with Gasteiger partial charge in [0.05, 0.1) is 13.2 Å². The lowest BCUT2D eigenvalue weighted by Crippen LogP contribution is -2.17. The Balaban J connectivity index is 2.07. The molecular formula is C15H14O3. The Labute approximate surface area is 105 Å². The van der Waals surface area contributed by atoms with E-state index in [1.165, 1.54) is 11.1 Å². The number of carbonyl (C=O) groups excluding carboxylic acids is 1. The van der Waals surface area contributed by atoms with Gasteiger partial charge in [-0.1, -0.05) is 24.3 Å². The van der Waals surface area contributed by atoms with E-state index in [0.717, 1.165) is 17.6 Å². The van der Waals surface area contributed by atoms with Crippen LogP contribution in [-0.4, -0.2) is 12.9 Å². The highest BCUT2D eigenvalue weighted by molar-refractivity contribution is 5.71. The van der Waals surface area contributed by atoms with E-state index in [2.05, 4.69) is 12.1 Å². The summed E-state index contributed by atoms with van der Waals surface area (Å²) >= 11 is 0. The molecule has 1 aliphatic rings. The molecule has 1 aromatic heterocycles. The number of rotatable bonds is 2. The third-order valence-electron chi connectivity index (χ3n) is 3.44. The minimum Gasteiger partial charge on any atom is -0.458 e. The summed E-state index contributed by atoms with van der Waals surface area (Å²) < 4.78 is 11.0. The zero-order chi connectivity index (χ0) is 12.5. The second-order valence-corrected chi connectivity index (χ2v) is 4.54. The van der Waals surface area contributed by atoms with Crippen LogP contribution in [0, 0.1) is 6.92 Å². The molecule has 3 nitrogen and oxygen atoms in total. The molecule has 0 saturated carbocycles. The fourth-order valence-electron chi connectivity index (χ4n) is 2.56. The van der Waals surface area contributed by atoms with E-state index in [1.54, 1.807) is 0 Å². The van der Waals surface area contributed by atoms with Gasteiger partial charge >= 0.3 is 0 Å². The molecule has 1 atom stereocenters. The molecule has 1 aromatic carbocycles. The first kappa shape index (κ1) is 11.2. The molecule has 0 radical (unpaired) electrons. The van der Waals surface area contributed by atoms with Crippen LogP contribution in [0.25, 0.3) is 0 Å². The monoisotopic (exact) mass is 242 g/mol. The topological polar surface area (TPSA) is 39.4 Å². The molecule has 2 heterocycles. The number of ether oxygens (including phenoxy) is 1. The fourth-order valence-corrected chi connectivity index (χ4v) is 2.56. The van der Waals surface area contributed by atoms with Crippen molar-refractivity contribution in [2.75, 3.05) is 6.61 Å². The van der Waals surface area contributed by atoms with E-state index < -0.39 is 0 Å². The summed E-state index contributed by atoms with van der Waals surface area (Å²) in [4.78, 5) is 10.8. The van der Waals surface area contributed by atoms with Gasteiger partial charge in [-0.15, -0.1) is 0 Å². The van der Waals surface area contributed by atoms with Crippen LogP contribution in [0.5, 0.6) is 0 Å². The molecule has 0 fully saturated rings. The van der Waals surface area contributed by atoms with E-state index in [9.17, 15) is 4.79 Å². The molecule has 92 valence electrons. The Morgan fingerprint density at radius 1 is 1.28 bits per heavy atom. The van der Waals surface area contributed by atoms with Crippen molar-refractivity contribution < 1.29 is 13.9 Å². The Kier molecular flexibility index (Phi) is 2.76. The molecule has 18 heavy (non-hydrogen) atoms. The first-order valence-corrected chi connectivity index (χ1v) is 6.00. The number of benzene rings is 1. The van der Waals surface area contributed by atoms with Gasteiger partial charge in [0.1, 0.15) is 5.76 Å². The van der Waals surface area contributed by atoms with E-state index >= 15 is 0 Å². The highest BCUT2D eigenvalue weighted by atomic mass is 16.5. The second kappa shape index (κ2) is 4.42. The molecule has 1 aliphatic heterocycles. The zero-order valence-corrected chi connectivity index (χ0v) is 10.2. The number of furan rings is 1. The predicted octanol–water partition coefficient (Wildman–Crippen LogP) is 3.06. The SMILES string of the molecule is Cc1oc(C=O)cc1C1COCc2ccccc21. The van der Waals surface area contributed by atoms with Crippen molar-refractivity contribution in [1.82, 2.24) is 0 Å². The van der Waals surface area contributed by atoms with Crippen LogP contribution >= 0.6 is 0 Å².